The van der Waals surface area contributed by atoms with Gasteiger partial charge in [-0.2, -0.15) is 4.31 Å². The number of rotatable bonds is 6. The van der Waals surface area contributed by atoms with Gasteiger partial charge in [-0.05, 0) is 37.3 Å². The SMILES string of the molecule is CC(Sc1ccc(S(=O)(=O)N2CCOCC2)cn1)C(=O)Nc1ccc(F)cc1Cl. The van der Waals surface area contributed by atoms with E-state index in [2.05, 4.69) is 10.3 Å². The van der Waals surface area contributed by atoms with Gasteiger partial charge in [0, 0.05) is 19.3 Å². The molecule has 1 saturated heterocycles. The lowest BCUT2D eigenvalue weighted by atomic mass is 10.3. The van der Waals surface area contributed by atoms with Crippen molar-refractivity contribution >= 4 is 45.0 Å². The molecule has 0 aliphatic carbocycles. The maximum atomic E-state index is 13.1. The van der Waals surface area contributed by atoms with E-state index in [1.807, 2.05) is 0 Å². The Labute approximate surface area is 177 Å². The van der Waals surface area contributed by atoms with Gasteiger partial charge in [0.25, 0.3) is 0 Å². The van der Waals surface area contributed by atoms with Crippen LogP contribution in [0.25, 0.3) is 0 Å². The van der Waals surface area contributed by atoms with Gasteiger partial charge in [0.15, 0.2) is 0 Å². The average molecular weight is 460 g/mol. The third-order valence-electron chi connectivity index (χ3n) is 4.17. The number of aromatic nitrogens is 1. The predicted octanol–water partition coefficient (Wildman–Crippen LogP) is 3.01. The van der Waals surface area contributed by atoms with Gasteiger partial charge in [-0.25, -0.2) is 17.8 Å². The quantitative estimate of drug-likeness (QED) is 0.668. The third kappa shape index (κ3) is 5.46. The van der Waals surface area contributed by atoms with Crippen molar-refractivity contribution in [1.82, 2.24) is 9.29 Å². The molecule has 1 amide bonds. The first-order valence-corrected chi connectivity index (χ1v) is 11.4. The van der Waals surface area contributed by atoms with Crippen molar-refractivity contribution in [1.29, 1.82) is 0 Å². The van der Waals surface area contributed by atoms with Crippen molar-refractivity contribution in [2.75, 3.05) is 31.6 Å². The fourth-order valence-corrected chi connectivity index (χ4v) is 4.94. The monoisotopic (exact) mass is 459 g/mol. The second kappa shape index (κ2) is 9.40. The summed E-state index contributed by atoms with van der Waals surface area (Å²) in [7, 11) is -3.62. The molecule has 2 heterocycles. The van der Waals surface area contributed by atoms with E-state index in [-0.39, 0.29) is 15.8 Å². The Morgan fingerprint density at radius 1 is 1.31 bits per heavy atom. The number of sulfonamides is 1. The number of carbonyl (C=O) groups excluding carboxylic acids is 1. The number of pyridine rings is 1. The standard InChI is InChI=1S/C18H19ClFN3O4S2/c1-12(18(24)22-16-4-2-13(20)10-15(16)19)28-17-5-3-14(11-21-17)29(25,26)23-6-8-27-9-7-23/h2-5,10-12H,6-9H2,1H3,(H,22,24). The van der Waals surface area contributed by atoms with Gasteiger partial charge in [-0.3, -0.25) is 4.79 Å². The Bertz CT molecular complexity index is 983. The molecule has 1 fully saturated rings. The highest BCUT2D eigenvalue weighted by atomic mass is 35.5. The van der Waals surface area contributed by atoms with Gasteiger partial charge >= 0.3 is 0 Å². The zero-order valence-corrected chi connectivity index (χ0v) is 17.9. The van der Waals surface area contributed by atoms with Crippen LogP contribution in [0.5, 0.6) is 0 Å². The minimum absolute atomic E-state index is 0.0962. The molecule has 156 valence electrons. The summed E-state index contributed by atoms with van der Waals surface area (Å²) >= 11 is 7.09. The third-order valence-corrected chi connectivity index (χ3v) is 7.42. The van der Waals surface area contributed by atoms with E-state index in [0.29, 0.717) is 37.0 Å². The molecule has 0 radical (unpaired) electrons. The molecule has 1 N–H and O–H groups in total. The number of benzene rings is 1. The lowest BCUT2D eigenvalue weighted by Gasteiger charge is -2.25. The van der Waals surface area contributed by atoms with Crippen LogP contribution in [0.2, 0.25) is 5.02 Å². The van der Waals surface area contributed by atoms with Crippen molar-refractivity contribution in [3.05, 3.63) is 47.4 Å². The average Bonchev–Trinajstić information content (AvgIpc) is 2.71. The number of carbonyl (C=O) groups is 1. The molecule has 1 unspecified atom stereocenters. The molecule has 1 atom stereocenters. The lowest BCUT2D eigenvalue weighted by Crippen LogP contribution is -2.40. The Balaban J connectivity index is 1.63. The lowest BCUT2D eigenvalue weighted by molar-refractivity contribution is -0.115. The number of halogens is 2. The van der Waals surface area contributed by atoms with Crippen LogP contribution < -0.4 is 5.32 Å². The van der Waals surface area contributed by atoms with E-state index in [0.717, 1.165) is 6.07 Å². The maximum Gasteiger partial charge on any atom is 0.244 e. The highest BCUT2D eigenvalue weighted by molar-refractivity contribution is 8.00. The van der Waals surface area contributed by atoms with Crippen molar-refractivity contribution in [2.45, 2.75) is 22.1 Å². The summed E-state index contributed by atoms with van der Waals surface area (Å²) in [4.78, 5) is 16.6. The number of hydrogen-bond acceptors (Lipinski definition) is 6. The van der Waals surface area contributed by atoms with Crippen LogP contribution in [0.3, 0.4) is 0 Å². The number of amides is 1. The van der Waals surface area contributed by atoms with E-state index in [4.69, 9.17) is 16.3 Å². The second-order valence-electron chi connectivity index (χ2n) is 6.22. The number of morpholine rings is 1. The number of thioether (sulfide) groups is 1. The van der Waals surface area contributed by atoms with Crippen LogP contribution in [0, 0.1) is 5.82 Å². The molecule has 0 saturated carbocycles. The first-order valence-electron chi connectivity index (χ1n) is 8.74. The molecule has 1 aromatic heterocycles. The van der Waals surface area contributed by atoms with Gasteiger partial charge in [0.2, 0.25) is 15.9 Å². The molecule has 1 aliphatic rings. The van der Waals surface area contributed by atoms with Gasteiger partial charge in [-0.1, -0.05) is 23.4 Å². The fraction of sp³-hybridized carbons (Fsp3) is 0.333. The Morgan fingerprint density at radius 3 is 2.66 bits per heavy atom. The zero-order chi connectivity index (χ0) is 21.0. The number of anilines is 1. The van der Waals surface area contributed by atoms with Gasteiger partial charge in [0.05, 0.1) is 34.2 Å². The smallest absolute Gasteiger partial charge is 0.244 e. The summed E-state index contributed by atoms with van der Waals surface area (Å²) < 4.78 is 44.9. The fourth-order valence-electron chi connectivity index (χ4n) is 2.58. The number of hydrogen-bond donors (Lipinski definition) is 1. The summed E-state index contributed by atoms with van der Waals surface area (Å²) in [5.41, 5.74) is 0.311. The van der Waals surface area contributed by atoms with Crippen LogP contribution in [0.1, 0.15) is 6.92 Å². The molecule has 11 heteroatoms. The van der Waals surface area contributed by atoms with Crippen molar-refractivity contribution < 1.29 is 22.3 Å². The molecule has 0 spiro atoms. The van der Waals surface area contributed by atoms with Gasteiger partial charge in [-0.15, -0.1) is 0 Å². The minimum atomic E-state index is -3.62. The normalized spacial score (nSPS) is 16.4. The summed E-state index contributed by atoms with van der Waals surface area (Å²) in [6.45, 7) is 3.03. The minimum Gasteiger partial charge on any atom is -0.379 e. The molecule has 1 aromatic carbocycles. The van der Waals surface area contributed by atoms with E-state index in [1.165, 1.54) is 40.5 Å². The number of ether oxygens (including phenoxy) is 1. The van der Waals surface area contributed by atoms with Crippen LogP contribution in [0.4, 0.5) is 10.1 Å². The van der Waals surface area contributed by atoms with Crippen LogP contribution in [-0.4, -0.2) is 55.2 Å². The summed E-state index contributed by atoms with van der Waals surface area (Å²) in [6.07, 6.45) is 1.29. The topological polar surface area (TPSA) is 88.6 Å². The molecule has 3 rings (SSSR count). The van der Waals surface area contributed by atoms with E-state index in [9.17, 15) is 17.6 Å². The molecular weight excluding hydrogens is 441 g/mol. The summed E-state index contributed by atoms with van der Waals surface area (Å²) in [6, 6.07) is 6.74. The Kier molecular flexibility index (Phi) is 7.12. The molecule has 0 bridgehead atoms. The first-order chi connectivity index (χ1) is 13.8. The second-order valence-corrected chi connectivity index (χ2v) is 9.93. The van der Waals surface area contributed by atoms with E-state index < -0.39 is 21.1 Å². The number of nitrogens with zero attached hydrogens (tertiary/aromatic N) is 2. The molecule has 2 aromatic rings. The van der Waals surface area contributed by atoms with Crippen LogP contribution in [0.15, 0.2) is 46.5 Å². The Morgan fingerprint density at radius 2 is 2.03 bits per heavy atom. The summed E-state index contributed by atoms with van der Waals surface area (Å²) in [5.74, 6) is -0.831. The Hall–Kier alpha value is -1.72. The van der Waals surface area contributed by atoms with Crippen molar-refractivity contribution in [3.8, 4) is 0 Å². The largest absolute Gasteiger partial charge is 0.379 e. The van der Waals surface area contributed by atoms with Crippen molar-refractivity contribution in [3.63, 3.8) is 0 Å². The van der Waals surface area contributed by atoms with Gasteiger partial charge < -0.3 is 10.1 Å². The van der Waals surface area contributed by atoms with Crippen LogP contribution in [-0.2, 0) is 19.6 Å². The molecular formula is C18H19ClFN3O4S2. The predicted molar refractivity (Wildman–Crippen MR) is 109 cm³/mol. The zero-order valence-electron chi connectivity index (χ0n) is 15.5. The first kappa shape index (κ1) is 22.0. The van der Waals surface area contributed by atoms with Crippen molar-refractivity contribution in [2.24, 2.45) is 0 Å². The highest BCUT2D eigenvalue weighted by Crippen LogP contribution is 2.27. The molecule has 29 heavy (non-hydrogen) atoms. The molecule has 1 aliphatic heterocycles. The van der Waals surface area contributed by atoms with E-state index >= 15 is 0 Å². The maximum absolute atomic E-state index is 13.1. The number of nitrogens with one attached hydrogen (secondary N) is 1. The van der Waals surface area contributed by atoms with Gasteiger partial charge in [0.1, 0.15) is 10.7 Å². The highest BCUT2D eigenvalue weighted by Gasteiger charge is 2.26. The molecule has 7 nitrogen and oxygen atoms in total. The summed E-state index contributed by atoms with van der Waals surface area (Å²) in [5, 5.41) is 2.70. The van der Waals surface area contributed by atoms with Crippen LogP contribution >= 0.6 is 23.4 Å². The van der Waals surface area contributed by atoms with E-state index in [1.54, 1.807) is 13.0 Å².